The molecule has 0 unspecified atom stereocenters. The molecular weight excluding hydrogens is 1500 g/mol. The highest BCUT2D eigenvalue weighted by Gasteiger charge is 2.14. The zero-order valence-electron chi connectivity index (χ0n) is 63.0. The molecule has 120 heavy (non-hydrogen) atoms. The second-order valence-electron chi connectivity index (χ2n) is 25.8. The highest BCUT2D eigenvalue weighted by atomic mass is 16.5. The van der Waals surface area contributed by atoms with Crippen LogP contribution in [0.4, 0.5) is 0 Å². The van der Waals surface area contributed by atoms with Crippen LogP contribution in [0, 0.1) is 107 Å². The maximum atomic E-state index is 11.2. The van der Waals surface area contributed by atoms with Gasteiger partial charge in [-0.2, -0.15) is 0 Å². The Balaban J connectivity index is 0.000000208. The van der Waals surface area contributed by atoms with Gasteiger partial charge in [0.25, 0.3) is 12.9 Å². The third-order valence-electron chi connectivity index (χ3n) is 17.4. The molecule has 1 heterocycles. The Morgan fingerprint density at radius 2 is 0.333 bits per heavy atom. The first kappa shape index (κ1) is 79.8. The van der Waals surface area contributed by atoms with Gasteiger partial charge in [-0.1, -0.05) is 107 Å². The number of carbonyl (C=O) groups excluding carboxylic acids is 2. The number of carboxylic acids is 4. The first-order valence-corrected chi connectivity index (χ1v) is 36.5. The van der Waals surface area contributed by atoms with Crippen molar-refractivity contribution in [1.29, 1.82) is 0 Å². The van der Waals surface area contributed by atoms with E-state index in [9.17, 15) is 28.8 Å². The smallest absolute Gasteiger partial charge is 0.335 e. The van der Waals surface area contributed by atoms with Gasteiger partial charge in [0.1, 0.15) is 11.5 Å². The molecule has 0 bridgehead atoms. The fourth-order valence-electron chi connectivity index (χ4n) is 11.1. The quantitative estimate of drug-likeness (QED) is 0.0695. The summed E-state index contributed by atoms with van der Waals surface area (Å²) in [6.45, 7) is 0.764. The molecule has 15 heteroatoms. The summed E-state index contributed by atoms with van der Waals surface area (Å²) in [6, 6.07) is 90.6. The van der Waals surface area contributed by atoms with Crippen molar-refractivity contribution < 1.29 is 58.7 Å². The molecule has 0 radical (unpaired) electrons. The number of rotatable bonds is 11. The van der Waals surface area contributed by atoms with Gasteiger partial charge in [0.2, 0.25) is 0 Å². The molecule has 1 aromatic heterocycles. The van der Waals surface area contributed by atoms with Crippen LogP contribution < -0.4 is 9.47 Å². The molecule has 0 saturated heterocycles. The van der Waals surface area contributed by atoms with Crippen molar-refractivity contribution in [3.8, 4) is 152 Å². The van der Waals surface area contributed by atoms with E-state index < -0.39 is 23.9 Å². The summed E-state index contributed by atoms with van der Waals surface area (Å²) in [5, 5.41) is 36.6. The van der Waals surface area contributed by atoms with Crippen LogP contribution in [0.3, 0.4) is 0 Å². The fraction of sp³-hybridized carbons (Fsp3) is 0. The zero-order valence-corrected chi connectivity index (χ0v) is 63.0. The molecule has 14 rings (SSSR count). The largest absolute Gasteiger partial charge is 0.478 e. The van der Waals surface area contributed by atoms with Crippen LogP contribution in [-0.2, 0) is 9.59 Å². The van der Waals surface area contributed by atoms with Crippen molar-refractivity contribution in [3.05, 3.63) is 432 Å². The molecule has 15 nitrogen and oxygen atoms in total. The summed E-state index contributed by atoms with van der Waals surface area (Å²) >= 11 is 0. The topological polar surface area (TPSA) is 240 Å². The van der Waals surface area contributed by atoms with Crippen LogP contribution in [-0.4, -0.2) is 72.2 Å². The lowest BCUT2D eigenvalue weighted by Crippen LogP contribution is -2.00. The third kappa shape index (κ3) is 23.2. The number of ether oxygens (including phenoxy) is 2. The summed E-state index contributed by atoms with van der Waals surface area (Å²) in [4.78, 5) is 80.3. The Kier molecular flexibility index (Phi) is 26.1. The van der Waals surface area contributed by atoms with Crippen LogP contribution in [0.5, 0.6) is 11.5 Å². The number of hydrogen-bond donors (Lipinski definition) is 4. The molecule has 0 spiro atoms. The second-order valence-corrected chi connectivity index (χ2v) is 25.8. The summed E-state index contributed by atoms with van der Waals surface area (Å²) in [5.41, 5.74) is 16.7. The highest BCUT2D eigenvalue weighted by Crippen LogP contribution is 2.27. The van der Waals surface area contributed by atoms with Crippen LogP contribution in [0.1, 0.15) is 142 Å². The minimum absolute atomic E-state index is 0.198. The molecule has 4 N–H and O–H groups in total. The van der Waals surface area contributed by atoms with E-state index in [4.69, 9.17) is 44.9 Å². The van der Waals surface area contributed by atoms with Crippen LogP contribution in [0.2, 0.25) is 0 Å². The molecular formula is C105H57N3O12. The maximum Gasteiger partial charge on any atom is 0.335 e. The summed E-state index contributed by atoms with van der Waals surface area (Å²) < 4.78 is 9.68. The standard InChI is InChI=1S/C57H30O6.C48H27N3O6/c58-40-63-55-35-29-49(30-36-55)18-15-43-5-11-46(12-6-43)21-24-52-38-50(22-19-44-7-1-41(2-8-44)13-16-47-25-31-53(32-26-47)56(59)60)37-51(39-52)23-20-45-9-3-42(4-10-45)14-17-48-27-33-54(34-28-48)57(61)62;52-31-57-43-29-17-37(18-30-43)6-5-34-11-23-40(24-12-34)46-50-44(38-19-7-32(8-20-38)1-3-35-13-25-41(26-14-35)47(53)54)49-45(51-46)39-21-9-33(10-22-39)2-4-36-15-27-42(28-16-36)48(55)56/h1-12,25-40H,(H,59,60)(H,61,62);7-31H,(H,53,54)(H,55,56). The van der Waals surface area contributed by atoms with Crippen LogP contribution >= 0.6 is 0 Å². The molecule has 0 fully saturated rings. The van der Waals surface area contributed by atoms with Gasteiger partial charge >= 0.3 is 23.9 Å². The molecule has 0 aliphatic heterocycles. The summed E-state index contributed by atoms with van der Waals surface area (Å²) in [7, 11) is 0. The Morgan fingerprint density at radius 1 is 0.200 bits per heavy atom. The Bertz CT molecular complexity index is 6590. The predicted octanol–water partition coefficient (Wildman–Crippen LogP) is 17.0. The number of aromatic carboxylic acids is 4. The van der Waals surface area contributed by atoms with Gasteiger partial charge in [-0.15, -0.1) is 0 Å². The van der Waals surface area contributed by atoms with Gasteiger partial charge in [0.15, 0.2) is 17.5 Å². The number of nitrogens with zero attached hydrogens (tertiary/aromatic N) is 3. The molecule has 564 valence electrons. The number of carboxylic acid groups (broad SMARTS) is 4. The second kappa shape index (κ2) is 39.3. The molecule has 0 saturated carbocycles. The molecule has 14 aromatic rings. The van der Waals surface area contributed by atoms with E-state index in [-0.39, 0.29) is 22.3 Å². The lowest BCUT2D eigenvalue weighted by Gasteiger charge is -2.09. The van der Waals surface area contributed by atoms with Gasteiger partial charge in [-0.3, -0.25) is 9.59 Å². The molecule has 0 atom stereocenters. The van der Waals surface area contributed by atoms with E-state index in [1.165, 1.54) is 48.5 Å². The molecule has 0 amide bonds. The van der Waals surface area contributed by atoms with E-state index in [0.29, 0.717) is 64.2 Å². The van der Waals surface area contributed by atoms with E-state index in [2.05, 4.69) is 107 Å². The first-order chi connectivity index (χ1) is 58.5. The number of aromatic nitrogens is 3. The predicted molar refractivity (Wildman–Crippen MR) is 456 cm³/mol. The average Bonchev–Trinajstić information content (AvgIpc) is 0.799. The van der Waals surface area contributed by atoms with Gasteiger partial charge in [-0.05, 0) is 309 Å². The number of carbonyl (C=O) groups is 6. The summed E-state index contributed by atoms with van der Waals surface area (Å²) in [6.07, 6.45) is 0. The first-order valence-electron chi connectivity index (χ1n) is 36.5. The van der Waals surface area contributed by atoms with Gasteiger partial charge in [0, 0.05) is 117 Å². The molecule has 0 aliphatic carbocycles. The minimum Gasteiger partial charge on any atom is -0.478 e. The minimum atomic E-state index is -0.991. The van der Waals surface area contributed by atoms with Crippen LogP contribution in [0.25, 0.3) is 34.2 Å². The van der Waals surface area contributed by atoms with E-state index in [1.807, 2.05) is 164 Å². The van der Waals surface area contributed by atoms with Gasteiger partial charge in [0.05, 0.1) is 22.3 Å². The normalized spacial score (nSPS) is 9.73. The average molecular weight is 1550 g/mol. The highest BCUT2D eigenvalue weighted by molar-refractivity contribution is 5.89. The van der Waals surface area contributed by atoms with E-state index >= 15 is 0 Å². The Hall–Kier alpha value is -18.3. The van der Waals surface area contributed by atoms with Crippen molar-refractivity contribution >= 4 is 36.8 Å². The lowest BCUT2D eigenvalue weighted by molar-refractivity contribution is -0.121. The Labute approximate surface area is 690 Å². The van der Waals surface area contributed by atoms with Crippen molar-refractivity contribution in [2.75, 3.05) is 0 Å². The van der Waals surface area contributed by atoms with E-state index in [1.54, 1.807) is 97.1 Å². The van der Waals surface area contributed by atoms with Gasteiger partial charge < -0.3 is 29.9 Å². The maximum absolute atomic E-state index is 11.2. The number of benzene rings is 13. The third-order valence-corrected chi connectivity index (χ3v) is 17.4. The zero-order chi connectivity index (χ0) is 83.4. The lowest BCUT2D eigenvalue weighted by atomic mass is 10.0. The van der Waals surface area contributed by atoms with E-state index in [0.717, 1.165) is 94.6 Å². The summed E-state index contributed by atoms with van der Waals surface area (Å²) in [5.74, 6) is 55.0. The molecule has 0 aliphatic rings. The molecule has 13 aromatic carbocycles. The van der Waals surface area contributed by atoms with Crippen molar-refractivity contribution in [3.63, 3.8) is 0 Å². The van der Waals surface area contributed by atoms with Gasteiger partial charge in [-0.25, -0.2) is 34.1 Å². The van der Waals surface area contributed by atoms with Crippen molar-refractivity contribution in [1.82, 2.24) is 15.0 Å². The Morgan fingerprint density at radius 3 is 0.483 bits per heavy atom. The van der Waals surface area contributed by atoms with Crippen LogP contribution in [0.15, 0.2) is 309 Å². The fourth-order valence-corrected chi connectivity index (χ4v) is 11.1. The monoisotopic (exact) mass is 1550 g/mol. The SMILES string of the molecule is O=COc1ccc(C#Cc2ccc(-c3nc(-c4ccc(C#Cc5ccc(C(=O)O)cc5)cc4)nc(-c4ccc(C#Cc5ccc(C(=O)O)cc5)cc4)n3)cc2)cc1.O=COc1ccc(C#Cc2ccc(C#Cc3cc(C#Cc4ccc(C#Cc5ccc(C(=O)O)cc5)cc4)cc(C#Cc4ccc(C#Cc5ccc(C(=O)O)cc5)cc4)c3)cc2)cc1. The van der Waals surface area contributed by atoms with Crippen molar-refractivity contribution in [2.45, 2.75) is 0 Å². The van der Waals surface area contributed by atoms with Crippen molar-refractivity contribution in [2.24, 2.45) is 0 Å². The number of hydrogen-bond acceptors (Lipinski definition) is 11.